The Morgan fingerprint density at radius 1 is 1.06 bits per heavy atom. The highest BCUT2D eigenvalue weighted by molar-refractivity contribution is 5.73. The van der Waals surface area contributed by atoms with Gasteiger partial charge < -0.3 is 21.5 Å². The van der Waals surface area contributed by atoms with Gasteiger partial charge in [0.05, 0.1) is 38.4 Å². The summed E-state index contributed by atoms with van der Waals surface area (Å²) in [5, 5.41) is 0. The van der Waals surface area contributed by atoms with Crippen LogP contribution in [0.3, 0.4) is 0 Å². The van der Waals surface area contributed by atoms with E-state index in [1.165, 1.54) is 0 Å². The first-order valence-corrected chi connectivity index (χ1v) is 5.06. The maximum Gasteiger partial charge on any atom is 0.123 e. The Bertz CT molecular complexity index is 477. The van der Waals surface area contributed by atoms with Crippen LogP contribution in [0.5, 0.6) is 0 Å². The standard InChI is InChI=1S/C12H16N3.BrH/c1-15(2,3)9-10-8-13-11-6-4-5-7-12(11)14-10;/h4-8H,9H2,1-3H3;1H/q+1;/p-1. The highest BCUT2D eigenvalue weighted by Crippen LogP contribution is 2.10. The van der Waals surface area contributed by atoms with Gasteiger partial charge in [-0.05, 0) is 12.1 Å². The van der Waals surface area contributed by atoms with E-state index in [1.54, 1.807) is 0 Å². The maximum atomic E-state index is 4.58. The molecule has 3 nitrogen and oxygen atoms in total. The minimum atomic E-state index is 0. The molecule has 1 aromatic carbocycles. The normalized spacial score (nSPS) is 11.2. The van der Waals surface area contributed by atoms with Crippen molar-refractivity contribution < 1.29 is 21.5 Å². The van der Waals surface area contributed by atoms with Gasteiger partial charge in [-0.25, -0.2) is 4.98 Å². The van der Waals surface area contributed by atoms with E-state index in [-0.39, 0.29) is 17.0 Å². The number of fused-ring (bicyclic) bond motifs is 1. The summed E-state index contributed by atoms with van der Waals surface area (Å²) in [6.45, 7) is 0.901. The van der Waals surface area contributed by atoms with Gasteiger partial charge >= 0.3 is 0 Å². The van der Waals surface area contributed by atoms with Gasteiger partial charge in [0.15, 0.2) is 0 Å². The Labute approximate surface area is 106 Å². The molecule has 2 aromatic rings. The van der Waals surface area contributed by atoms with Crippen LogP contribution in [-0.4, -0.2) is 35.6 Å². The largest absolute Gasteiger partial charge is 1.00 e. The minimum absolute atomic E-state index is 0. The molecule has 1 heterocycles. The first kappa shape index (κ1) is 13.1. The van der Waals surface area contributed by atoms with Crippen LogP contribution in [0.25, 0.3) is 11.0 Å². The van der Waals surface area contributed by atoms with Crippen LogP contribution in [0.1, 0.15) is 5.69 Å². The molecule has 0 aliphatic carbocycles. The van der Waals surface area contributed by atoms with Crippen molar-refractivity contribution in [2.75, 3.05) is 21.1 Å². The van der Waals surface area contributed by atoms with Crippen molar-refractivity contribution in [3.05, 3.63) is 36.2 Å². The fourth-order valence-electron chi connectivity index (χ4n) is 1.56. The van der Waals surface area contributed by atoms with Crippen molar-refractivity contribution in [2.45, 2.75) is 6.54 Å². The second-order valence-electron chi connectivity index (χ2n) is 4.80. The highest BCUT2D eigenvalue weighted by Gasteiger charge is 2.10. The molecule has 0 aliphatic heterocycles. The third-order valence-electron chi connectivity index (χ3n) is 2.13. The van der Waals surface area contributed by atoms with E-state index in [0.29, 0.717) is 0 Å². The van der Waals surface area contributed by atoms with Gasteiger partial charge in [-0.1, -0.05) is 12.1 Å². The van der Waals surface area contributed by atoms with Crippen molar-refractivity contribution in [1.29, 1.82) is 0 Å². The van der Waals surface area contributed by atoms with Crippen LogP contribution >= 0.6 is 0 Å². The van der Waals surface area contributed by atoms with E-state index >= 15 is 0 Å². The number of para-hydroxylation sites is 2. The zero-order chi connectivity index (χ0) is 10.9. The molecular weight excluding hydrogens is 266 g/mol. The lowest BCUT2D eigenvalue weighted by Gasteiger charge is -2.23. The van der Waals surface area contributed by atoms with E-state index in [9.17, 15) is 0 Å². The molecule has 0 amide bonds. The van der Waals surface area contributed by atoms with Gasteiger partial charge in [0.2, 0.25) is 0 Å². The van der Waals surface area contributed by atoms with E-state index < -0.39 is 0 Å². The number of benzene rings is 1. The van der Waals surface area contributed by atoms with Gasteiger partial charge in [0, 0.05) is 0 Å². The lowest BCUT2D eigenvalue weighted by molar-refractivity contribution is -0.884. The SMILES string of the molecule is C[N+](C)(C)Cc1cnc2ccccc2n1.[Br-]. The molecule has 1 aromatic heterocycles. The molecule has 0 bridgehead atoms. The molecule has 4 heteroatoms. The van der Waals surface area contributed by atoms with Gasteiger partial charge in [-0.15, -0.1) is 0 Å². The van der Waals surface area contributed by atoms with Crippen LogP contribution in [0.2, 0.25) is 0 Å². The predicted molar refractivity (Wildman–Crippen MR) is 61.3 cm³/mol. The Kier molecular flexibility index (Phi) is 3.99. The zero-order valence-electron chi connectivity index (χ0n) is 9.81. The van der Waals surface area contributed by atoms with E-state index in [0.717, 1.165) is 27.8 Å². The fraction of sp³-hybridized carbons (Fsp3) is 0.333. The number of quaternary nitrogens is 1. The fourth-order valence-corrected chi connectivity index (χ4v) is 1.56. The topological polar surface area (TPSA) is 25.8 Å². The summed E-state index contributed by atoms with van der Waals surface area (Å²) in [5.41, 5.74) is 2.98. The van der Waals surface area contributed by atoms with E-state index in [1.807, 2.05) is 30.5 Å². The number of hydrogen-bond acceptors (Lipinski definition) is 2. The summed E-state index contributed by atoms with van der Waals surface area (Å²) in [6, 6.07) is 7.96. The Balaban J connectivity index is 0.00000128. The summed E-state index contributed by atoms with van der Waals surface area (Å²) in [6.07, 6.45) is 1.87. The summed E-state index contributed by atoms with van der Waals surface area (Å²) in [5.74, 6) is 0. The van der Waals surface area contributed by atoms with Crippen LogP contribution < -0.4 is 17.0 Å². The number of nitrogens with zero attached hydrogens (tertiary/aromatic N) is 3. The smallest absolute Gasteiger partial charge is 0.123 e. The van der Waals surface area contributed by atoms with Crippen LogP contribution in [0.15, 0.2) is 30.5 Å². The Hall–Kier alpha value is -1.000. The first-order valence-electron chi connectivity index (χ1n) is 5.06. The molecular formula is C12H16BrN3. The molecule has 2 rings (SSSR count). The summed E-state index contributed by atoms with van der Waals surface area (Å²) >= 11 is 0. The maximum absolute atomic E-state index is 4.58. The molecule has 0 unspecified atom stereocenters. The number of hydrogen-bond donors (Lipinski definition) is 0. The Morgan fingerprint density at radius 3 is 2.31 bits per heavy atom. The molecule has 16 heavy (non-hydrogen) atoms. The van der Waals surface area contributed by atoms with Crippen molar-refractivity contribution in [3.63, 3.8) is 0 Å². The van der Waals surface area contributed by atoms with Gasteiger partial charge in [0.25, 0.3) is 0 Å². The molecule has 0 aliphatic rings. The second kappa shape index (κ2) is 4.89. The van der Waals surface area contributed by atoms with Crippen molar-refractivity contribution in [3.8, 4) is 0 Å². The molecule has 0 fully saturated rings. The number of rotatable bonds is 2. The third kappa shape index (κ3) is 3.25. The predicted octanol–water partition coefficient (Wildman–Crippen LogP) is -1.16. The first-order chi connectivity index (χ1) is 7.04. The number of aromatic nitrogens is 2. The zero-order valence-corrected chi connectivity index (χ0v) is 11.4. The van der Waals surface area contributed by atoms with Crippen molar-refractivity contribution >= 4 is 11.0 Å². The van der Waals surface area contributed by atoms with Gasteiger partial charge in [-0.2, -0.15) is 0 Å². The van der Waals surface area contributed by atoms with Gasteiger partial charge in [0.1, 0.15) is 12.2 Å². The molecule has 0 spiro atoms. The highest BCUT2D eigenvalue weighted by atomic mass is 79.9. The van der Waals surface area contributed by atoms with Crippen molar-refractivity contribution in [1.82, 2.24) is 9.97 Å². The average molecular weight is 282 g/mol. The molecule has 86 valence electrons. The van der Waals surface area contributed by atoms with Crippen LogP contribution in [0, 0.1) is 0 Å². The van der Waals surface area contributed by atoms with Gasteiger partial charge in [-0.3, -0.25) is 4.98 Å². The molecule has 0 saturated carbocycles. The summed E-state index contributed by atoms with van der Waals surface area (Å²) in [4.78, 5) is 8.98. The third-order valence-corrected chi connectivity index (χ3v) is 2.13. The summed E-state index contributed by atoms with van der Waals surface area (Å²) < 4.78 is 0.868. The average Bonchev–Trinajstić information content (AvgIpc) is 2.15. The van der Waals surface area contributed by atoms with Crippen molar-refractivity contribution in [2.24, 2.45) is 0 Å². The quantitative estimate of drug-likeness (QED) is 0.649. The lowest BCUT2D eigenvalue weighted by Crippen LogP contribution is -3.00. The minimum Gasteiger partial charge on any atom is -1.00 e. The van der Waals surface area contributed by atoms with E-state index in [2.05, 4.69) is 31.1 Å². The Morgan fingerprint density at radius 2 is 1.69 bits per heavy atom. The van der Waals surface area contributed by atoms with E-state index in [4.69, 9.17) is 0 Å². The summed E-state index contributed by atoms with van der Waals surface area (Å²) in [7, 11) is 6.45. The number of halogens is 1. The molecule has 0 radical (unpaired) electrons. The van der Waals surface area contributed by atoms with Crippen LogP contribution in [-0.2, 0) is 6.54 Å². The monoisotopic (exact) mass is 281 g/mol. The molecule has 0 atom stereocenters. The van der Waals surface area contributed by atoms with Crippen LogP contribution in [0.4, 0.5) is 0 Å². The molecule has 0 saturated heterocycles. The second-order valence-corrected chi connectivity index (χ2v) is 4.80. The lowest BCUT2D eigenvalue weighted by atomic mass is 10.3. The molecule has 0 N–H and O–H groups in total.